The van der Waals surface area contributed by atoms with E-state index in [2.05, 4.69) is 19.8 Å². The van der Waals surface area contributed by atoms with E-state index in [0.29, 0.717) is 11.3 Å². The van der Waals surface area contributed by atoms with Crippen LogP contribution >= 0.6 is 34.9 Å². The minimum Gasteiger partial charge on any atom is -0.448 e. The highest BCUT2D eigenvalue weighted by Gasteiger charge is 2.55. The van der Waals surface area contributed by atoms with E-state index in [9.17, 15) is 14.4 Å². The van der Waals surface area contributed by atoms with Gasteiger partial charge in [-0.3, -0.25) is 14.5 Å². The van der Waals surface area contributed by atoms with Crippen LogP contribution in [0.1, 0.15) is 23.1 Å². The van der Waals surface area contributed by atoms with Crippen molar-refractivity contribution in [2.24, 2.45) is 5.16 Å². The molecule has 3 aromatic rings. The van der Waals surface area contributed by atoms with Gasteiger partial charge in [-0.2, -0.15) is 9.36 Å². The maximum absolute atomic E-state index is 13.7. The van der Waals surface area contributed by atoms with Crippen LogP contribution in [-0.2, 0) is 24.0 Å². The van der Waals surface area contributed by atoms with Crippen molar-refractivity contribution in [2.45, 2.75) is 17.5 Å². The number of nitrogens with one attached hydrogen (secondary N) is 1. The highest BCUT2D eigenvalue weighted by molar-refractivity contribution is 8.00. The number of carbonyl (C=O) groups excluding carboxylic acids is 3. The Morgan fingerprint density at radius 2 is 1.82 bits per heavy atom. The number of benzene rings is 2. The summed E-state index contributed by atoms with van der Waals surface area (Å²) in [4.78, 5) is 50.1. The number of hydrogen-bond donors (Lipinski definition) is 2. The van der Waals surface area contributed by atoms with Crippen LogP contribution in [0.4, 0.5) is 5.13 Å². The number of carbonyl (C=O) groups is 3. The van der Waals surface area contributed by atoms with E-state index in [1.165, 1.54) is 23.8 Å². The molecule has 0 unspecified atom stereocenters. The number of nitrogens with two attached hydrogens (primary N) is 1. The number of nitrogen functional groups attached to an aromatic ring is 1. The fourth-order valence-electron chi connectivity index (χ4n) is 4.34. The lowest BCUT2D eigenvalue weighted by Crippen LogP contribution is -2.71. The maximum Gasteiger partial charge on any atom is 0.356 e. The molecular formula is C26H23ClN6O5S2. The van der Waals surface area contributed by atoms with Crippen molar-refractivity contribution in [3.05, 3.63) is 88.9 Å². The average molecular weight is 599 g/mol. The lowest BCUT2D eigenvalue weighted by Gasteiger charge is -2.49. The first-order valence-electron chi connectivity index (χ1n) is 12.0. The number of esters is 1. The average Bonchev–Trinajstić information content (AvgIpc) is 3.42. The van der Waals surface area contributed by atoms with Crippen molar-refractivity contribution in [3.63, 3.8) is 0 Å². The minimum absolute atomic E-state index is 0.0248. The van der Waals surface area contributed by atoms with E-state index in [4.69, 9.17) is 26.9 Å². The van der Waals surface area contributed by atoms with Crippen LogP contribution in [-0.4, -0.2) is 67.9 Å². The number of thioether (sulfide) groups is 1. The van der Waals surface area contributed by atoms with E-state index < -0.39 is 35.3 Å². The number of ether oxygens (including phenoxy) is 1. The number of hydrogen-bond acceptors (Lipinski definition) is 11. The number of amides is 2. The Morgan fingerprint density at radius 1 is 1.18 bits per heavy atom. The molecule has 40 heavy (non-hydrogen) atoms. The molecule has 1 fully saturated rings. The molecule has 0 bridgehead atoms. The number of alkyl halides is 1. The van der Waals surface area contributed by atoms with Crippen LogP contribution in [0, 0.1) is 0 Å². The van der Waals surface area contributed by atoms with Gasteiger partial charge in [0.1, 0.15) is 24.2 Å². The van der Waals surface area contributed by atoms with Gasteiger partial charge in [0.15, 0.2) is 11.2 Å². The second-order valence-electron chi connectivity index (χ2n) is 8.63. The molecule has 3 heterocycles. The highest BCUT2D eigenvalue weighted by Crippen LogP contribution is 2.42. The second-order valence-corrected chi connectivity index (χ2v) is 10.8. The monoisotopic (exact) mass is 598 g/mol. The first-order valence-corrected chi connectivity index (χ1v) is 14.3. The zero-order valence-electron chi connectivity index (χ0n) is 21.0. The van der Waals surface area contributed by atoms with Crippen molar-refractivity contribution < 1.29 is 24.0 Å². The van der Waals surface area contributed by atoms with E-state index in [1.807, 2.05) is 60.7 Å². The summed E-state index contributed by atoms with van der Waals surface area (Å²) in [7, 11) is 1.27. The fraction of sp³-hybridized carbons (Fsp3) is 0.231. The third-order valence-electron chi connectivity index (χ3n) is 6.17. The summed E-state index contributed by atoms with van der Waals surface area (Å²) in [6, 6.07) is 17.7. The molecule has 0 radical (unpaired) electrons. The molecule has 5 rings (SSSR count). The smallest absolute Gasteiger partial charge is 0.356 e. The number of rotatable bonds is 9. The van der Waals surface area contributed by atoms with Gasteiger partial charge in [-0.25, -0.2) is 4.79 Å². The van der Waals surface area contributed by atoms with Crippen molar-refractivity contribution in [1.29, 1.82) is 0 Å². The molecule has 2 atom stereocenters. The molecule has 1 saturated heterocycles. The van der Waals surface area contributed by atoms with Crippen LogP contribution in [0.5, 0.6) is 0 Å². The van der Waals surface area contributed by atoms with E-state index in [-0.39, 0.29) is 28.2 Å². The summed E-state index contributed by atoms with van der Waals surface area (Å²) < 4.78 is 10.0. The fourth-order valence-corrected chi connectivity index (χ4v) is 6.45. The Kier molecular flexibility index (Phi) is 8.33. The van der Waals surface area contributed by atoms with Crippen LogP contribution in [0.15, 0.2) is 77.1 Å². The molecular weight excluding hydrogens is 576 g/mol. The molecule has 2 aliphatic rings. The highest BCUT2D eigenvalue weighted by atomic mass is 35.5. The predicted octanol–water partition coefficient (Wildman–Crippen LogP) is 2.70. The molecule has 206 valence electrons. The lowest BCUT2D eigenvalue weighted by molar-refractivity contribution is -0.154. The van der Waals surface area contributed by atoms with Crippen LogP contribution in [0.25, 0.3) is 0 Å². The SMILES string of the molecule is CO/N=C(\C(=O)N[C@@H]1C(=O)N2C(C(=O)OC(c3ccccc3)c3ccccc3)=C(CCl)CS[C@H]12)c1nsc(N)n1. The van der Waals surface area contributed by atoms with Crippen molar-refractivity contribution in [3.8, 4) is 0 Å². The summed E-state index contributed by atoms with van der Waals surface area (Å²) >= 11 is 8.47. The van der Waals surface area contributed by atoms with Crippen LogP contribution in [0.3, 0.4) is 0 Å². The molecule has 11 nitrogen and oxygen atoms in total. The van der Waals surface area contributed by atoms with Gasteiger partial charge in [0.05, 0.1) is 0 Å². The third-order valence-corrected chi connectivity index (χ3v) is 8.37. The number of fused-ring (bicyclic) bond motifs is 1. The van der Waals surface area contributed by atoms with E-state index in [1.54, 1.807) is 0 Å². The molecule has 3 N–H and O–H groups in total. The summed E-state index contributed by atoms with van der Waals surface area (Å²) in [6.45, 7) is 0. The van der Waals surface area contributed by atoms with Gasteiger partial charge in [-0.1, -0.05) is 65.8 Å². The molecule has 2 amide bonds. The summed E-state index contributed by atoms with van der Waals surface area (Å²) in [5.41, 5.74) is 7.61. The Balaban J connectivity index is 1.37. The topological polar surface area (TPSA) is 149 Å². The van der Waals surface area contributed by atoms with E-state index in [0.717, 1.165) is 22.7 Å². The van der Waals surface area contributed by atoms with Crippen LogP contribution < -0.4 is 11.1 Å². The van der Waals surface area contributed by atoms with Gasteiger partial charge in [-0.05, 0) is 16.7 Å². The van der Waals surface area contributed by atoms with Gasteiger partial charge in [-0.15, -0.1) is 23.4 Å². The standard InChI is InChI=1S/C26H23ClN6O5S2/c1-37-31-17(21-30-26(28)40-32-21)22(34)29-18-23(35)33-19(16(12-27)13-39-24(18)33)25(36)38-20(14-8-4-2-5-9-14)15-10-6-3-7-11-15/h2-11,18,20,24H,12-13H2,1H3,(H,29,34)(H2,28,30,32)/b31-17-/t18-,24-/m1/s1. The van der Waals surface area contributed by atoms with Gasteiger partial charge >= 0.3 is 5.97 Å². The summed E-state index contributed by atoms with van der Waals surface area (Å²) in [5, 5.41) is 5.95. The first kappa shape index (κ1) is 27.6. The van der Waals surface area contributed by atoms with Crippen molar-refractivity contribution in [1.82, 2.24) is 19.6 Å². The summed E-state index contributed by atoms with van der Waals surface area (Å²) in [5.74, 6) is -1.50. The zero-order chi connectivity index (χ0) is 28.2. The molecule has 0 saturated carbocycles. The molecule has 2 aliphatic heterocycles. The number of β-lactam (4-membered cyclic amide) rings is 1. The molecule has 2 aromatic carbocycles. The first-order chi connectivity index (χ1) is 19.4. The number of oxime groups is 1. The molecule has 1 aromatic heterocycles. The molecule has 0 aliphatic carbocycles. The number of halogens is 1. The predicted molar refractivity (Wildman–Crippen MR) is 151 cm³/mol. The largest absolute Gasteiger partial charge is 0.448 e. The Bertz CT molecular complexity index is 1440. The normalized spacial score (nSPS) is 18.7. The number of aromatic nitrogens is 2. The van der Waals surface area contributed by atoms with Gasteiger partial charge in [0.2, 0.25) is 11.5 Å². The minimum atomic E-state index is -0.936. The van der Waals surface area contributed by atoms with Crippen molar-refractivity contribution >= 4 is 63.5 Å². The zero-order valence-corrected chi connectivity index (χ0v) is 23.4. The number of nitrogens with zero attached hydrogens (tertiary/aromatic N) is 4. The Labute approximate surface area is 242 Å². The summed E-state index contributed by atoms with van der Waals surface area (Å²) in [6.07, 6.45) is -0.704. The number of anilines is 1. The molecule has 0 spiro atoms. The Morgan fingerprint density at radius 3 is 2.38 bits per heavy atom. The maximum atomic E-state index is 13.7. The molecule has 14 heteroatoms. The van der Waals surface area contributed by atoms with E-state index >= 15 is 0 Å². The van der Waals surface area contributed by atoms with Gasteiger partial charge < -0.3 is 20.6 Å². The van der Waals surface area contributed by atoms with Crippen LogP contribution in [0.2, 0.25) is 0 Å². The van der Waals surface area contributed by atoms with Gasteiger partial charge in [0.25, 0.3) is 11.8 Å². The second kappa shape index (κ2) is 12.1. The Hall–Kier alpha value is -3.94. The quantitative estimate of drug-likeness (QED) is 0.125. The lowest BCUT2D eigenvalue weighted by atomic mass is 10.0. The van der Waals surface area contributed by atoms with Crippen molar-refractivity contribution in [2.75, 3.05) is 24.5 Å². The van der Waals surface area contributed by atoms with Gasteiger partial charge in [0, 0.05) is 23.2 Å². The third kappa shape index (κ3) is 5.40.